The van der Waals surface area contributed by atoms with E-state index in [1.807, 2.05) is 6.92 Å². The van der Waals surface area contributed by atoms with Gasteiger partial charge in [-0.25, -0.2) is 0 Å². The van der Waals surface area contributed by atoms with Gasteiger partial charge in [-0.3, -0.25) is 9.59 Å². The molecule has 0 aromatic carbocycles. The molecule has 5 heteroatoms. The molecule has 82 valence electrons. The summed E-state index contributed by atoms with van der Waals surface area (Å²) in [5.41, 5.74) is -0.179. The van der Waals surface area contributed by atoms with Crippen molar-refractivity contribution in [2.75, 3.05) is 6.54 Å². The lowest BCUT2D eigenvalue weighted by Crippen LogP contribution is -2.56. The molecule has 0 aliphatic heterocycles. The van der Waals surface area contributed by atoms with Crippen LogP contribution in [0.4, 0.5) is 0 Å². The van der Waals surface area contributed by atoms with E-state index in [1.54, 1.807) is 6.07 Å². The highest BCUT2D eigenvalue weighted by Crippen LogP contribution is 2.34. The molecule has 1 fully saturated rings. The van der Waals surface area contributed by atoms with Crippen molar-refractivity contribution in [2.45, 2.75) is 38.1 Å². The third kappa shape index (κ3) is 2.69. The number of amides is 2. The lowest BCUT2D eigenvalue weighted by atomic mass is 9.75. The minimum Gasteiger partial charge on any atom is -0.342 e. The predicted octanol–water partition coefficient (Wildman–Crippen LogP) is 0.0751. The van der Waals surface area contributed by atoms with Gasteiger partial charge in [0.05, 0.1) is 6.07 Å². The summed E-state index contributed by atoms with van der Waals surface area (Å²) in [7, 11) is 0. The molecule has 2 N–H and O–H groups in total. The fraction of sp³-hybridized carbons (Fsp3) is 0.700. The van der Waals surface area contributed by atoms with E-state index in [0.717, 1.165) is 25.7 Å². The van der Waals surface area contributed by atoms with Gasteiger partial charge in [0, 0.05) is 5.54 Å². The maximum Gasteiger partial charge on any atom is 0.310 e. The molecule has 0 saturated heterocycles. The minimum atomic E-state index is -0.726. The number of rotatable bonds is 3. The highest BCUT2D eigenvalue weighted by Gasteiger charge is 2.37. The Hall–Kier alpha value is -1.57. The number of hydrogen-bond acceptors (Lipinski definition) is 3. The second kappa shape index (κ2) is 4.78. The second-order valence-corrected chi connectivity index (χ2v) is 3.78. The van der Waals surface area contributed by atoms with E-state index in [-0.39, 0.29) is 12.1 Å². The average Bonchev–Trinajstić information content (AvgIpc) is 2.19. The molecule has 0 bridgehead atoms. The van der Waals surface area contributed by atoms with Gasteiger partial charge in [0.2, 0.25) is 0 Å². The molecule has 1 rings (SSSR count). The van der Waals surface area contributed by atoms with Crippen molar-refractivity contribution in [1.82, 2.24) is 10.6 Å². The number of hydrogen-bond donors (Lipinski definition) is 2. The molecule has 0 spiro atoms. The molecule has 1 aliphatic carbocycles. The Balaban J connectivity index is 2.41. The zero-order valence-electron chi connectivity index (χ0n) is 8.80. The first-order chi connectivity index (χ1) is 7.13. The van der Waals surface area contributed by atoms with Crippen LogP contribution in [0.25, 0.3) is 0 Å². The first-order valence-corrected chi connectivity index (χ1v) is 5.11. The van der Waals surface area contributed by atoms with E-state index in [9.17, 15) is 9.59 Å². The summed E-state index contributed by atoms with van der Waals surface area (Å²) in [6, 6.07) is 1.75. The smallest absolute Gasteiger partial charge is 0.310 e. The van der Waals surface area contributed by atoms with Crippen molar-refractivity contribution >= 4 is 11.8 Å². The SMILES string of the molecule is CCC1(NC(=O)C(=O)NCC#N)CCC1. The fourth-order valence-corrected chi connectivity index (χ4v) is 1.67. The number of nitrogens with one attached hydrogen (secondary N) is 2. The van der Waals surface area contributed by atoms with Gasteiger partial charge in [0.1, 0.15) is 6.54 Å². The van der Waals surface area contributed by atoms with Crippen LogP contribution in [0.1, 0.15) is 32.6 Å². The maximum absolute atomic E-state index is 11.4. The normalized spacial score (nSPS) is 17.1. The van der Waals surface area contributed by atoms with Crippen molar-refractivity contribution in [1.29, 1.82) is 5.26 Å². The summed E-state index contributed by atoms with van der Waals surface area (Å²) in [5.74, 6) is -1.36. The third-order valence-corrected chi connectivity index (χ3v) is 2.90. The standard InChI is InChI=1S/C10H15N3O2/c1-2-10(4-3-5-10)13-9(15)8(14)12-7-6-11/h2-5,7H2,1H3,(H,12,14)(H,13,15). The minimum absolute atomic E-state index is 0.134. The highest BCUT2D eigenvalue weighted by atomic mass is 16.2. The van der Waals surface area contributed by atoms with Gasteiger partial charge >= 0.3 is 11.8 Å². The first-order valence-electron chi connectivity index (χ1n) is 5.11. The Morgan fingerprint density at radius 1 is 1.40 bits per heavy atom. The largest absolute Gasteiger partial charge is 0.342 e. The second-order valence-electron chi connectivity index (χ2n) is 3.78. The molecular formula is C10H15N3O2. The molecule has 15 heavy (non-hydrogen) atoms. The summed E-state index contributed by atoms with van der Waals surface area (Å²) in [4.78, 5) is 22.5. The molecule has 2 amide bonds. The predicted molar refractivity (Wildman–Crippen MR) is 53.6 cm³/mol. The Kier molecular flexibility index (Phi) is 3.67. The molecule has 0 atom stereocenters. The van der Waals surface area contributed by atoms with E-state index in [1.165, 1.54) is 0 Å². The van der Waals surface area contributed by atoms with E-state index in [0.29, 0.717) is 0 Å². The van der Waals surface area contributed by atoms with Crippen molar-refractivity contribution in [2.24, 2.45) is 0 Å². The van der Waals surface area contributed by atoms with E-state index in [2.05, 4.69) is 10.6 Å². The summed E-state index contributed by atoms with van der Waals surface area (Å²) in [6.45, 7) is 1.86. The van der Waals surface area contributed by atoms with Crippen LogP contribution in [0, 0.1) is 11.3 Å². The molecule has 5 nitrogen and oxygen atoms in total. The van der Waals surface area contributed by atoms with Crippen molar-refractivity contribution in [3.63, 3.8) is 0 Å². The molecule has 1 saturated carbocycles. The highest BCUT2D eigenvalue weighted by molar-refractivity contribution is 6.35. The van der Waals surface area contributed by atoms with Crippen LogP contribution in [0.5, 0.6) is 0 Å². The lowest BCUT2D eigenvalue weighted by molar-refractivity contribution is -0.141. The zero-order valence-corrected chi connectivity index (χ0v) is 8.80. The van der Waals surface area contributed by atoms with Crippen LogP contribution >= 0.6 is 0 Å². The topological polar surface area (TPSA) is 82.0 Å². The molecule has 0 unspecified atom stereocenters. The van der Waals surface area contributed by atoms with Gasteiger partial charge in [-0.1, -0.05) is 6.92 Å². The van der Waals surface area contributed by atoms with Crippen LogP contribution < -0.4 is 10.6 Å². The van der Waals surface area contributed by atoms with Crippen molar-refractivity contribution in [3.8, 4) is 6.07 Å². The van der Waals surface area contributed by atoms with E-state index >= 15 is 0 Å². The summed E-state index contributed by atoms with van der Waals surface area (Å²) in [6.07, 6.45) is 3.79. The van der Waals surface area contributed by atoms with Gasteiger partial charge in [-0.05, 0) is 25.7 Å². The average molecular weight is 209 g/mol. The van der Waals surface area contributed by atoms with Crippen LogP contribution in [-0.2, 0) is 9.59 Å². The number of carbonyl (C=O) groups excluding carboxylic acids is 2. The van der Waals surface area contributed by atoms with Crippen LogP contribution in [0.2, 0.25) is 0 Å². The molecular weight excluding hydrogens is 194 g/mol. The Bertz CT molecular complexity index is 297. The summed E-state index contributed by atoms with van der Waals surface area (Å²) < 4.78 is 0. The molecule has 0 aromatic rings. The number of carbonyl (C=O) groups is 2. The van der Waals surface area contributed by atoms with Crippen molar-refractivity contribution in [3.05, 3.63) is 0 Å². The summed E-state index contributed by atoms with van der Waals surface area (Å²) in [5, 5.41) is 13.2. The lowest BCUT2D eigenvalue weighted by Gasteiger charge is -2.41. The molecule has 1 aliphatic rings. The first kappa shape index (κ1) is 11.5. The molecule has 0 radical (unpaired) electrons. The van der Waals surface area contributed by atoms with Crippen LogP contribution in [0.3, 0.4) is 0 Å². The number of nitriles is 1. The van der Waals surface area contributed by atoms with Crippen LogP contribution in [0.15, 0.2) is 0 Å². The maximum atomic E-state index is 11.4. The third-order valence-electron chi connectivity index (χ3n) is 2.90. The van der Waals surface area contributed by atoms with E-state index in [4.69, 9.17) is 5.26 Å². The van der Waals surface area contributed by atoms with Crippen molar-refractivity contribution < 1.29 is 9.59 Å². The van der Waals surface area contributed by atoms with Crippen LogP contribution in [-0.4, -0.2) is 23.9 Å². The van der Waals surface area contributed by atoms with Gasteiger partial charge in [0.15, 0.2) is 0 Å². The summed E-state index contributed by atoms with van der Waals surface area (Å²) >= 11 is 0. The Labute approximate surface area is 88.8 Å². The van der Waals surface area contributed by atoms with E-state index < -0.39 is 11.8 Å². The molecule has 0 heterocycles. The Morgan fingerprint density at radius 3 is 2.47 bits per heavy atom. The van der Waals surface area contributed by atoms with Gasteiger partial charge in [0.25, 0.3) is 0 Å². The van der Waals surface area contributed by atoms with Gasteiger partial charge in [-0.2, -0.15) is 5.26 Å². The van der Waals surface area contributed by atoms with Gasteiger partial charge in [-0.15, -0.1) is 0 Å². The monoisotopic (exact) mass is 209 g/mol. The fourth-order valence-electron chi connectivity index (χ4n) is 1.67. The quantitative estimate of drug-likeness (QED) is 0.510. The van der Waals surface area contributed by atoms with Gasteiger partial charge < -0.3 is 10.6 Å². The zero-order chi connectivity index (χ0) is 11.3. The number of nitrogens with zero attached hydrogens (tertiary/aromatic N) is 1. The Morgan fingerprint density at radius 2 is 2.07 bits per heavy atom. The molecule has 0 aromatic heterocycles.